The number of nitrogens with two attached hydrogens (primary N) is 1. The molecular weight excluding hydrogens is 302 g/mol. The minimum absolute atomic E-state index is 0.00193. The monoisotopic (exact) mass is 317 g/mol. The summed E-state index contributed by atoms with van der Waals surface area (Å²) in [5, 5.41) is 2.74. The van der Waals surface area contributed by atoms with Crippen LogP contribution in [0.25, 0.3) is 0 Å². The predicted octanol–water partition coefficient (Wildman–Crippen LogP) is 0.308. The van der Waals surface area contributed by atoms with Crippen LogP contribution in [0.3, 0.4) is 0 Å². The summed E-state index contributed by atoms with van der Waals surface area (Å²) in [6.45, 7) is 2.35. The van der Waals surface area contributed by atoms with Gasteiger partial charge in [-0.25, -0.2) is 8.42 Å². The van der Waals surface area contributed by atoms with Crippen LogP contribution in [0, 0.1) is 0 Å². The maximum Gasteiger partial charge on any atom is 0.245 e. The number of halogens is 1. The lowest BCUT2D eigenvalue weighted by atomic mass is 10.2. The quantitative estimate of drug-likeness (QED) is 0.839. The molecule has 1 aliphatic rings. The van der Waals surface area contributed by atoms with Gasteiger partial charge < -0.3 is 11.1 Å². The summed E-state index contributed by atoms with van der Waals surface area (Å²) in [7, 11) is -3.80. The molecule has 1 heterocycles. The van der Waals surface area contributed by atoms with Gasteiger partial charge in [-0.3, -0.25) is 4.79 Å². The van der Waals surface area contributed by atoms with Gasteiger partial charge in [0.25, 0.3) is 0 Å². The molecule has 1 aliphatic heterocycles. The van der Waals surface area contributed by atoms with Crippen LogP contribution in [0.4, 0.5) is 0 Å². The molecule has 1 aromatic rings. The lowest BCUT2D eigenvalue weighted by molar-refractivity contribution is -0.126. The molecule has 1 amide bonds. The van der Waals surface area contributed by atoms with Gasteiger partial charge in [-0.2, -0.15) is 4.31 Å². The lowest BCUT2D eigenvalue weighted by Crippen LogP contribution is -2.55. The molecule has 0 radical (unpaired) electrons. The van der Waals surface area contributed by atoms with Crippen molar-refractivity contribution in [2.75, 3.05) is 13.1 Å². The second kappa shape index (κ2) is 5.69. The van der Waals surface area contributed by atoms with Crippen LogP contribution in [0.5, 0.6) is 0 Å². The smallest absolute Gasteiger partial charge is 0.245 e. The van der Waals surface area contributed by atoms with Gasteiger partial charge in [-0.15, -0.1) is 0 Å². The van der Waals surface area contributed by atoms with Crippen LogP contribution in [0.1, 0.15) is 12.5 Å². The molecule has 0 bridgehead atoms. The molecule has 0 saturated carbocycles. The molecular formula is C12H16ClN3O3S. The van der Waals surface area contributed by atoms with E-state index in [0.717, 1.165) is 9.87 Å². The molecule has 20 heavy (non-hydrogen) atoms. The predicted molar refractivity (Wildman–Crippen MR) is 75.7 cm³/mol. The number of piperazine rings is 1. The highest BCUT2D eigenvalue weighted by molar-refractivity contribution is 7.89. The van der Waals surface area contributed by atoms with Crippen molar-refractivity contribution < 1.29 is 13.2 Å². The summed E-state index contributed by atoms with van der Waals surface area (Å²) in [5.74, 6) is -0.311. The first kappa shape index (κ1) is 15.2. The summed E-state index contributed by atoms with van der Waals surface area (Å²) < 4.78 is 26.3. The normalized spacial score (nSPS) is 20.8. The fourth-order valence-electron chi connectivity index (χ4n) is 2.10. The third-order valence-corrected chi connectivity index (χ3v) is 5.71. The Bertz CT molecular complexity index is 633. The fourth-order valence-corrected chi connectivity index (χ4v) is 4.23. The van der Waals surface area contributed by atoms with Crippen LogP contribution in [-0.4, -0.2) is 37.8 Å². The van der Waals surface area contributed by atoms with Gasteiger partial charge in [0, 0.05) is 19.6 Å². The van der Waals surface area contributed by atoms with Crippen LogP contribution in [0.2, 0.25) is 5.02 Å². The average Bonchev–Trinajstić information content (AvgIpc) is 2.41. The van der Waals surface area contributed by atoms with Crippen molar-refractivity contribution in [2.24, 2.45) is 5.73 Å². The molecule has 1 saturated heterocycles. The molecule has 110 valence electrons. The fraction of sp³-hybridized carbons (Fsp3) is 0.417. The van der Waals surface area contributed by atoms with E-state index in [1.807, 2.05) is 0 Å². The average molecular weight is 318 g/mol. The van der Waals surface area contributed by atoms with Gasteiger partial charge in [-0.05, 0) is 24.6 Å². The third kappa shape index (κ3) is 2.67. The number of carbonyl (C=O) groups excluding carboxylic acids is 1. The van der Waals surface area contributed by atoms with E-state index in [1.54, 1.807) is 13.0 Å². The highest BCUT2D eigenvalue weighted by atomic mass is 35.5. The number of hydrogen-bond acceptors (Lipinski definition) is 4. The Morgan fingerprint density at radius 3 is 2.80 bits per heavy atom. The van der Waals surface area contributed by atoms with Crippen molar-refractivity contribution >= 4 is 27.5 Å². The minimum atomic E-state index is -3.80. The van der Waals surface area contributed by atoms with Crippen LogP contribution >= 0.6 is 11.6 Å². The number of amides is 1. The van der Waals surface area contributed by atoms with Crippen LogP contribution in [-0.2, 0) is 21.4 Å². The first-order valence-corrected chi connectivity index (χ1v) is 7.98. The second-order valence-electron chi connectivity index (χ2n) is 4.55. The minimum Gasteiger partial charge on any atom is -0.353 e. The molecule has 0 aliphatic carbocycles. The van der Waals surface area contributed by atoms with Gasteiger partial charge in [-0.1, -0.05) is 17.7 Å². The molecule has 1 atom stereocenters. The molecule has 8 heteroatoms. The lowest BCUT2D eigenvalue weighted by Gasteiger charge is -2.32. The van der Waals surface area contributed by atoms with Gasteiger partial charge in [0.15, 0.2) is 0 Å². The van der Waals surface area contributed by atoms with Crippen molar-refractivity contribution in [3.63, 3.8) is 0 Å². The zero-order valence-corrected chi connectivity index (χ0v) is 12.5. The van der Waals surface area contributed by atoms with E-state index in [9.17, 15) is 13.2 Å². The van der Waals surface area contributed by atoms with Crippen molar-refractivity contribution in [2.45, 2.75) is 24.4 Å². The standard InChI is InChI=1S/C12H16ClN3O3S/c1-8-12(17)15-4-5-16(8)20(18,19)11-3-2-9(7-14)6-10(11)13/h2-3,6,8H,4-5,7,14H2,1H3,(H,15,17). The number of sulfonamides is 1. The second-order valence-corrected chi connectivity index (χ2v) is 6.82. The van der Waals surface area contributed by atoms with E-state index in [0.29, 0.717) is 6.54 Å². The number of benzene rings is 1. The van der Waals surface area contributed by atoms with Crippen molar-refractivity contribution in [1.82, 2.24) is 9.62 Å². The largest absolute Gasteiger partial charge is 0.353 e. The zero-order valence-electron chi connectivity index (χ0n) is 11.0. The number of nitrogens with zero attached hydrogens (tertiary/aromatic N) is 1. The topological polar surface area (TPSA) is 92.5 Å². The van der Waals surface area contributed by atoms with Crippen LogP contribution in [0.15, 0.2) is 23.1 Å². The van der Waals surface area contributed by atoms with E-state index in [4.69, 9.17) is 17.3 Å². The SMILES string of the molecule is CC1C(=O)NCCN1S(=O)(=O)c1ccc(CN)cc1Cl. The first-order chi connectivity index (χ1) is 9.37. The molecule has 0 spiro atoms. The van der Waals surface area contributed by atoms with E-state index < -0.39 is 16.1 Å². The molecule has 2 rings (SSSR count). The van der Waals surface area contributed by atoms with Gasteiger partial charge in [0.05, 0.1) is 5.02 Å². The van der Waals surface area contributed by atoms with E-state index in [1.165, 1.54) is 12.1 Å². The highest BCUT2D eigenvalue weighted by Crippen LogP contribution is 2.27. The molecule has 1 unspecified atom stereocenters. The summed E-state index contributed by atoms with van der Waals surface area (Å²) in [5.41, 5.74) is 6.24. The van der Waals surface area contributed by atoms with Gasteiger partial charge in [0.1, 0.15) is 10.9 Å². The molecule has 0 aromatic heterocycles. The maximum atomic E-state index is 12.6. The Balaban J connectivity index is 2.42. The summed E-state index contributed by atoms with van der Waals surface area (Å²) in [4.78, 5) is 11.6. The van der Waals surface area contributed by atoms with Gasteiger partial charge in [0.2, 0.25) is 15.9 Å². The Kier molecular flexibility index (Phi) is 4.33. The summed E-state index contributed by atoms with van der Waals surface area (Å²) >= 11 is 6.03. The Morgan fingerprint density at radius 1 is 1.50 bits per heavy atom. The zero-order chi connectivity index (χ0) is 14.9. The molecule has 3 N–H and O–H groups in total. The van der Waals surface area contributed by atoms with Crippen molar-refractivity contribution in [3.05, 3.63) is 28.8 Å². The van der Waals surface area contributed by atoms with E-state index in [2.05, 4.69) is 5.32 Å². The third-order valence-electron chi connectivity index (χ3n) is 3.26. The Hall–Kier alpha value is -1.15. The first-order valence-electron chi connectivity index (χ1n) is 6.16. The number of nitrogens with one attached hydrogen (secondary N) is 1. The van der Waals surface area contributed by atoms with Crippen molar-refractivity contribution in [1.29, 1.82) is 0 Å². The number of rotatable bonds is 3. The highest BCUT2D eigenvalue weighted by Gasteiger charge is 2.36. The Labute approximate surface area is 122 Å². The summed E-state index contributed by atoms with van der Waals surface area (Å²) in [6.07, 6.45) is 0. The van der Waals surface area contributed by atoms with Crippen molar-refractivity contribution in [3.8, 4) is 0 Å². The van der Waals surface area contributed by atoms with E-state index in [-0.39, 0.29) is 28.9 Å². The molecule has 1 fully saturated rings. The number of hydrogen-bond donors (Lipinski definition) is 2. The Morgan fingerprint density at radius 2 is 2.20 bits per heavy atom. The molecule has 6 nitrogen and oxygen atoms in total. The van der Waals surface area contributed by atoms with E-state index >= 15 is 0 Å². The van der Waals surface area contributed by atoms with Crippen LogP contribution < -0.4 is 11.1 Å². The maximum absolute atomic E-state index is 12.6. The summed E-state index contributed by atoms with van der Waals surface area (Å²) in [6, 6.07) is 3.83. The van der Waals surface area contributed by atoms with Gasteiger partial charge >= 0.3 is 0 Å². The molecule has 1 aromatic carbocycles. The number of carbonyl (C=O) groups is 1.